The van der Waals surface area contributed by atoms with Crippen LogP contribution in [0.15, 0.2) is 18.2 Å². The molecule has 0 aliphatic heterocycles. The highest BCUT2D eigenvalue weighted by Crippen LogP contribution is 2.35. The van der Waals surface area contributed by atoms with Crippen LogP contribution in [0.2, 0.25) is 5.02 Å². The Morgan fingerprint density at radius 1 is 1.17 bits per heavy atom. The van der Waals surface area contributed by atoms with Crippen molar-refractivity contribution in [1.82, 2.24) is 5.32 Å². The van der Waals surface area contributed by atoms with Crippen LogP contribution >= 0.6 is 11.6 Å². The maximum absolute atomic E-state index is 6.39. The smallest absolute Gasteiger partial charge is 0.0443 e. The van der Waals surface area contributed by atoms with Crippen molar-refractivity contribution < 1.29 is 0 Å². The van der Waals surface area contributed by atoms with Crippen molar-refractivity contribution in [2.24, 2.45) is 0 Å². The molecule has 0 amide bonds. The number of hydrogen-bond acceptors (Lipinski definition) is 1. The first-order chi connectivity index (χ1) is 8.61. The zero-order valence-electron chi connectivity index (χ0n) is 11.7. The second kappa shape index (κ2) is 6.08. The lowest BCUT2D eigenvalue weighted by Crippen LogP contribution is -2.29. The van der Waals surface area contributed by atoms with E-state index in [-0.39, 0.29) is 0 Å². The standard InChI is InChI=1S/C16H24ClN/c1-11(2)15-9-6-13(10-16(15)17)12-4-7-14(18-3)8-5-12/h6,9-12,14,18H,4-5,7-8H2,1-3H3. The van der Waals surface area contributed by atoms with Crippen molar-refractivity contribution in [1.29, 1.82) is 0 Å². The molecular formula is C16H24ClN. The monoisotopic (exact) mass is 265 g/mol. The Labute approximate surface area is 116 Å². The summed E-state index contributed by atoms with van der Waals surface area (Å²) in [6.45, 7) is 4.39. The van der Waals surface area contributed by atoms with Gasteiger partial charge in [0.2, 0.25) is 0 Å². The summed E-state index contributed by atoms with van der Waals surface area (Å²) in [4.78, 5) is 0. The van der Waals surface area contributed by atoms with Crippen molar-refractivity contribution in [3.63, 3.8) is 0 Å². The van der Waals surface area contributed by atoms with E-state index in [4.69, 9.17) is 11.6 Å². The van der Waals surface area contributed by atoms with Gasteiger partial charge in [-0.2, -0.15) is 0 Å². The summed E-state index contributed by atoms with van der Waals surface area (Å²) in [5, 5.41) is 4.33. The van der Waals surface area contributed by atoms with E-state index in [1.54, 1.807) is 0 Å². The van der Waals surface area contributed by atoms with Crippen molar-refractivity contribution >= 4 is 11.6 Å². The van der Waals surface area contributed by atoms with E-state index in [1.807, 2.05) is 0 Å². The Balaban J connectivity index is 2.08. The van der Waals surface area contributed by atoms with Gasteiger partial charge >= 0.3 is 0 Å². The van der Waals surface area contributed by atoms with Crippen LogP contribution < -0.4 is 5.32 Å². The molecule has 1 N–H and O–H groups in total. The van der Waals surface area contributed by atoms with Crippen LogP contribution in [0.4, 0.5) is 0 Å². The van der Waals surface area contributed by atoms with Crippen LogP contribution in [0.25, 0.3) is 0 Å². The first-order valence-electron chi connectivity index (χ1n) is 7.08. The summed E-state index contributed by atoms with van der Waals surface area (Å²) < 4.78 is 0. The van der Waals surface area contributed by atoms with Gasteiger partial charge in [-0.1, -0.05) is 37.6 Å². The van der Waals surface area contributed by atoms with Gasteiger partial charge in [0.05, 0.1) is 0 Å². The number of benzene rings is 1. The molecule has 1 aromatic rings. The molecule has 1 fully saturated rings. The highest BCUT2D eigenvalue weighted by Gasteiger charge is 2.21. The average molecular weight is 266 g/mol. The molecular weight excluding hydrogens is 242 g/mol. The zero-order valence-corrected chi connectivity index (χ0v) is 12.4. The quantitative estimate of drug-likeness (QED) is 0.835. The fourth-order valence-electron chi connectivity index (χ4n) is 2.98. The van der Waals surface area contributed by atoms with Gasteiger partial charge in [0.15, 0.2) is 0 Å². The summed E-state index contributed by atoms with van der Waals surface area (Å²) in [5.74, 6) is 1.21. The highest BCUT2D eigenvalue weighted by molar-refractivity contribution is 6.31. The molecule has 0 radical (unpaired) electrons. The lowest BCUT2D eigenvalue weighted by molar-refractivity contribution is 0.359. The van der Waals surface area contributed by atoms with Crippen molar-refractivity contribution in [3.8, 4) is 0 Å². The number of nitrogens with one attached hydrogen (secondary N) is 1. The van der Waals surface area contributed by atoms with Crippen molar-refractivity contribution in [2.75, 3.05) is 7.05 Å². The molecule has 2 heteroatoms. The summed E-state index contributed by atoms with van der Waals surface area (Å²) in [5.41, 5.74) is 2.70. The molecule has 0 heterocycles. The van der Waals surface area contributed by atoms with Crippen LogP contribution in [0.3, 0.4) is 0 Å². The van der Waals surface area contributed by atoms with Gasteiger partial charge in [-0.25, -0.2) is 0 Å². The maximum Gasteiger partial charge on any atom is 0.0443 e. The summed E-state index contributed by atoms with van der Waals surface area (Å²) >= 11 is 6.39. The van der Waals surface area contributed by atoms with E-state index in [9.17, 15) is 0 Å². The maximum atomic E-state index is 6.39. The fraction of sp³-hybridized carbons (Fsp3) is 0.625. The second-order valence-corrected chi connectivity index (χ2v) is 6.18. The first kappa shape index (κ1) is 13.9. The molecule has 0 spiro atoms. The Kier molecular flexibility index (Phi) is 4.69. The molecule has 1 aliphatic carbocycles. The largest absolute Gasteiger partial charge is 0.317 e. The lowest BCUT2D eigenvalue weighted by atomic mass is 9.81. The van der Waals surface area contributed by atoms with Crippen LogP contribution in [0.5, 0.6) is 0 Å². The third-order valence-corrected chi connectivity index (χ3v) is 4.58. The minimum absolute atomic E-state index is 0.506. The Hall–Kier alpha value is -0.530. The highest BCUT2D eigenvalue weighted by atomic mass is 35.5. The average Bonchev–Trinajstić information content (AvgIpc) is 2.38. The van der Waals surface area contributed by atoms with Crippen LogP contribution in [0, 0.1) is 0 Å². The summed E-state index contributed by atoms with van der Waals surface area (Å²) in [6, 6.07) is 7.41. The molecule has 0 atom stereocenters. The molecule has 0 unspecified atom stereocenters. The van der Waals surface area contributed by atoms with E-state index in [0.717, 1.165) is 5.02 Å². The van der Waals surface area contributed by atoms with Gasteiger partial charge in [0.1, 0.15) is 0 Å². The molecule has 0 aromatic heterocycles. The van der Waals surface area contributed by atoms with Crippen LogP contribution in [-0.4, -0.2) is 13.1 Å². The molecule has 0 bridgehead atoms. The van der Waals surface area contributed by atoms with Crippen molar-refractivity contribution in [3.05, 3.63) is 34.3 Å². The molecule has 1 nitrogen and oxygen atoms in total. The molecule has 1 aliphatic rings. The van der Waals surface area contributed by atoms with E-state index >= 15 is 0 Å². The van der Waals surface area contributed by atoms with Crippen LogP contribution in [-0.2, 0) is 0 Å². The third kappa shape index (κ3) is 3.07. The predicted molar refractivity (Wildman–Crippen MR) is 79.6 cm³/mol. The molecule has 1 saturated carbocycles. The van der Waals surface area contributed by atoms with Gasteiger partial charge in [0.25, 0.3) is 0 Å². The molecule has 1 aromatic carbocycles. The fourth-order valence-corrected chi connectivity index (χ4v) is 3.39. The first-order valence-corrected chi connectivity index (χ1v) is 7.46. The lowest BCUT2D eigenvalue weighted by Gasteiger charge is -2.28. The van der Waals surface area contributed by atoms with Gasteiger partial charge < -0.3 is 5.32 Å². The molecule has 0 saturated heterocycles. The summed E-state index contributed by atoms with van der Waals surface area (Å²) in [6.07, 6.45) is 5.13. The van der Waals surface area contributed by atoms with E-state index < -0.39 is 0 Å². The van der Waals surface area contributed by atoms with E-state index in [0.29, 0.717) is 17.9 Å². The topological polar surface area (TPSA) is 12.0 Å². The molecule has 2 rings (SSSR count). The number of rotatable bonds is 3. The van der Waals surface area contributed by atoms with Gasteiger partial charge in [-0.3, -0.25) is 0 Å². The van der Waals surface area contributed by atoms with E-state index in [2.05, 4.69) is 44.4 Å². The second-order valence-electron chi connectivity index (χ2n) is 5.77. The minimum atomic E-state index is 0.506. The van der Waals surface area contributed by atoms with Gasteiger partial charge in [-0.15, -0.1) is 0 Å². The van der Waals surface area contributed by atoms with Crippen LogP contribution in [0.1, 0.15) is 62.5 Å². The third-order valence-electron chi connectivity index (χ3n) is 4.25. The normalized spacial score (nSPS) is 24.5. The van der Waals surface area contributed by atoms with E-state index in [1.165, 1.54) is 36.8 Å². The molecule has 18 heavy (non-hydrogen) atoms. The van der Waals surface area contributed by atoms with Gasteiger partial charge in [-0.05, 0) is 61.8 Å². The predicted octanol–water partition coefficient (Wildman–Crippen LogP) is 4.71. The number of halogens is 1. The minimum Gasteiger partial charge on any atom is -0.317 e. The molecule has 100 valence electrons. The zero-order chi connectivity index (χ0) is 13.1. The van der Waals surface area contributed by atoms with Gasteiger partial charge in [0, 0.05) is 11.1 Å². The summed E-state index contributed by atoms with van der Waals surface area (Å²) in [7, 11) is 2.07. The Morgan fingerprint density at radius 2 is 1.83 bits per heavy atom. The Bertz CT molecular complexity index is 392. The SMILES string of the molecule is CNC1CCC(c2ccc(C(C)C)c(Cl)c2)CC1. The Morgan fingerprint density at radius 3 is 2.33 bits per heavy atom. The van der Waals surface area contributed by atoms with Crippen molar-refractivity contribution in [2.45, 2.75) is 57.4 Å². The number of hydrogen-bond donors (Lipinski definition) is 1.